The second-order valence-electron chi connectivity index (χ2n) is 3.80. The molecule has 18 heavy (non-hydrogen) atoms. The van der Waals surface area contributed by atoms with Crippen LogP contribution in [0.1, 0.15) is 6.92 Å². The summed E-state index contributed by atoms with van der Waals surface area (Å²) in [5, 5.41) is 5.85. The first-order chi connectivity index (χ1) is 8.56. The number of carbonyl (C=O) groups is 1. The second kappa shape index (κ2) is 7.08. The zero-order valence-electron chi connectivity index (χ0n) is 10.6. The number of anilines is 1. The van der Waals surface area contributed by atoms with Gasteiger partial charge in [0.15, 0.2) is 0 Å². The minimum absolute atomic E-state index is 0.0660. The third-order valence-electron chi connectivity index (χ3n) is 2.20. The van der Waals surface area contributed by atoms with Crippen molar-refractivity contribution in [2.75, 3.05) is 26.1 Å². The fraction of sp³-hybridized carbons (Fsp3) is 0.417. The quantitative estimate of drug-likeness (QED) is 0.866. The van der Waals surface area contributed by atoms with Crippen molar-refractivity contribution >= 4 is 23.3 Å². The van der Waals surface area contributed by atoms with Gasteiger partial charge >= 0.3 is 6.03 Å². The van der Waals surface area contributed by atoms with E-state index in [-0.39, 0.29) is 12.1 Å². The van der Waals surface area contributed by atoms with Crippen molar-refractivity contribution in [2.24, 2.45) is 0 Å². The van der Waals surface area contributed by atoms with Crippen LogP contribution >= 0.6 is 11.6 Å². The number of benzene rings is 1. The summed E-state index contributed by atoms with van der Waals surface area (Å²) in [5.74, 6) is 0.565. The largest absolute Gasteiger partial charge is 0.495 e. The molecule has 5 nitrogen and oxygen atoms in total. The van der Waals surface area contributed by atoms with E-state index < -0.39 is 0 Å². The zero-order valence-corrected chi connectivity index (χ0v) is 11.4. The minimum atomic E-state index is -0.305. The molecule has 0 saturated heterocycles. The van der Waals surface area contributed by atoms with Gasteiger partial charge < -0.3 is 20.1 Å². The Morgan fingerprint density at radius 2 is 2.17 bits per heavy atom. The molecule has 1 rings (SSSR count). The van der Waals surface area contributed by atoms with Crippen molar-refractivity contribution in [3.05, 3.63) is 23.2 Å². The summed E-state index contributed by atoms with van der Waals surface area (Å²) in [6.45, 7) is 2.31. The van der Waals surface area contributed by atoms with Gasteiger partial charge in [0.05, 0.1) is 24.8 Å². The van der Waals surface area contributed by atoms with Crippen LogP contribution in [-0.4, -0.2) is 32.9 Å². The lowest BCUT2D eigenvalue weighted by Gasteiger charge is -2.14. The van der Waals surface area contributed by atoms with E-state index in [0.29, 0.717) is 23.1 Å². The average molecular weight is 273 g/mol. The van der Waals surface area contributed by atoms with Crippen LogP contribution in [0.4, 0.5) is 10.5 Å². The van der Waals surface area contributed by atoms with Crippen LogP contribution in [0, 0.1) is 0 Å². The summed E-state index contributed by atoms with van der Waals surface area (Å²) in [6.07, 6.45) is 0. The van der Waals surface area contributed by atoms with E-state index in [9.17, 15) is 4.79 Å². The lowest BCUT2D eigenvalue weighted by atomic mass is 10.3. The summed E-state index contributed by atoms with van der Waals surface area (Å²) in [7, 11) is 3.12. The van der Waals surface area contributed by atoms with Crippen LogP contribution in [-0.2, 0) is 4.74 Å². The maximum Gasteiger partial charge on any atom is 0.319 e. The van der Waals surface area contributed by atoms with Gasteiger partial charge in [-0.3, -0.25) is 0 Å². The van der Waals surface area contributed by atoms with E-state index in [0.717, 1.165) is 0 Å². The molecule has 1 atom stereocenters. The number of ether oxygens (including phenoxy) is 2. The molecule has 0 aliphatic rings. The predicted octanol–water partition coefficient (Wildman–Crippen LogP) is 2.51. The number of nitrogens with one attached hydrogen (secondary N) is 2. The molecule has 0 aliphatic carbocycles. The van der Waals surface area contributed by atoms with Gasteiger partial charge in [-0.05, 0) is 25.1 Å². The number of hydrogen-bond donors (Lipinski definition) is 2. The predicted molar refractivity (Wildman–Crippen MR) is 71.5 cm³/mol. The van der Waals surface area contributed by atoms with Crippen molar-refractivity contribution in [2.45, 2.75) is 13.0 Å². The second-order valence-corrected chi connectivity index (χ2v) is 4.21. The highest BCUT2D eigenvalue weighted by atomic mass is 35.5. The third kappa shape index (κ3) is 4.43. The maximum atomic E-state index is 11.6. The molecule has 0 aliphatic heterocycles. The van der Waals surface area contributed by atoms with Crippen molar-refractivity contribution in [3.63, 3.8) is 0 Å². The molecule has 2 amide bonds. The first-order valence-electron chi connectivity index (χ1n) is 5.46. The van der Waals surface area contributed by atoms with E-state index in [1.54, 1.807) is 25.3 Å². The number of carbonyl (C=O) groups excluding carboxylic acids is 1. The van der Waals surface area contributed by atoms with Crippen molar-refractivity contribution in [3.8, 4) is 5.75 Å². The first-order valence-corrected chi connectivity index (χ1v) is 5.84. The Morgan fingerprint density at radius 3 is 2.72 bits per heavy atom. The van der Waals surface area contributed by atoms with Gasteiger partial charge in [0, 0.05) is 12.8 Å². The van der Waals surface area contributed by atoms with Crippen molar-refractivity contribution < 1.29 is 14.3 Å². The van der Waals surface area contributed by atoms with Crippen molar-refractivity contribution in [1.82, 2.24) is 5.32 Å². The summed E-state index contributed by atoms with van der Waals surface area (Å²) in [6, 6.07) is 4.66. The van der Waals surface area contributed by atoms with Gasteiger partial charge in [0.2, 0.25) is 0 Å². The number of rotatable bonds is 5. The van der Waals surface area contributed by atoms with Crippen molar-refractivity contribution in [1.29, 1.82) is 0 Å². The average Bonchev–Trinajstić information content (AvgIpc) is 2.29. The van der Waals surface area contributed by atoms with Crippen LogP contribution in [0.5, 0.6) is 5.75 Å². The van der Waals surface area contributed by atoms with E-state index in [1.165, 1.54) is 7.11 Å². The zero-order chi connectivity index (χ0) is 13.5. The van der Waals surface area contributed by atoms with Gasteiger partial charge in [-0.15, -0.1) is 0 Å². The standard InChI is InChI=1S/C12H17ClN2O3/c1-8(7-17-2)14-12(16)15-9-4-5-11(18-3)10(13)6-9/h4-6,8H,7H2,1-3H3,(H2,14,15,16). The summed E-state index contributed by atoms with van der Waals surface area (Å²) in [4.78, 5) is 11.6. The molecule has 0 saturated carbocycles. The fourth-order valence-electron chi connectivity index (χ4n) is 1.43. The van der Waals surface area contributed by atoms with E-state index in [2.05, 4.69) is 10.6 Å². The highest BCUT2D eigenvalue weighted by molar-refractivity contribution is 6.32. The normalized spacial score (nSPS) is 11.8. The number of methoxy groups -OCH3 is 2. The molecule has 2 N–H and O–H groups in total. The lowest BCUT2D eigenvalue weighted by Crippen LogP contribution is -2.38. The molecule has 100 valence electrons. The highest BCUT2D eigenvalue weighted by Crippen LogP contribution is 2.27. The molecule has 0 spiro atoms. The topological polar surface area (TPSA) is 59.6 Å². The smallest absolute Gasteiger partial charge is 0.319 e. The SMILES string of the molecule is COCC(C)NC(=O)Nc1ccc(OC)c(Cl)c1. The Kier molecular flexibility index (Phi) is 5.74. The Bertz CT molecular complexity index is 412. The number of amides is 2. The first kappa shape index (κ1) is 14.6. The maximum absolute atomic E-state index is 11.6. The van der Waals surface area contributed by atoms with E-state index in [4.69, 9.17) is 21.1 Å². The molecule has 0 radical (unpaired) electrons. The van der Waals surface area contributed by atoms with Gasteiger partial charge in [-0.25, -0.2) is 4.79 Å². The number of halogens is 1. The summed E-state index contributed by atoms with van der Waals surface area (Å²) in [5.41, 5.74) is 0.600. The number of urea groups is 1. The fourth-order valence-corrected chi connectivity index (χ4v) is 1.68. The van der Waals surface area contributed by atoms with Crippen LogP contribution in [0.25, 0.3) is 0 Å². The summed E-state index contributed by atoms with van der Waals surface area (Å²) >= 11 is 5.95. The lowest BCUT2D eigenvalue weighted by molar-refractivity contribution is 0.173. The molecule has 0 bridgehead atoms. The minimum Gasteiger partial charge on any atom is -0.495 e. The molecule has 0 fully saturated rings. The Labute approximate surface area is 111 Å². The van der Waals surface area contributed by atoms with Gasteiger partial charge in [-0.1, -0.05) is 11.6 Å². The molecule has 1 unspecified atom stereocenters. The molecule has 1 aromatic carbocycles. The number of hydrogen-bond acceptors (Lipinski definition) is 3. The molecule has 6 heteroatoms. The van der Waals surface area contributed by atoms with Gasteiger partial charge in [-0.2, -0.15) is 0 Å². The van der Waals surface area contributed by atoms with Crippen LogP contribution in [0.15, 0.2) is 18.2 Å². The molecular formula is C12H17ClN2O3. The monoisotopic (exact) mass is 272 g/mol. The highest BCUT2D eigenvalue weighted by Gasteiger charge is 2.08. The van der Waals surface area contributed by atoms with Gasteiger partial charge in [0.25, 0.3) is 0 Å². The van der Waals surface area contributed by atoms with Gasteiger partial charge in [0.1, 0.15) is 5.75 Å². The Balaban J connectivity index is 2.57. The van der Waals surface area contributed by atoms with E-state index >= 15 is 0 Å². The Morgan fingerprint density at radius 1 is 1.44 bits per heavy atom. The Hall–Kier alpha value is -1.46. The molecule has 1 aromatic rings. The molecular weight excluding hydrogens is 256 g/mol. The van der Waals surface area contributed by atoms with Crippen LogP contribution in [0.3, 0.4) is 0 Å². The van der Waals surface area contributed by atoms with E-state index in [1.807, 2.05) is 6.92 Å². The molecule has 0 heterocycles. The summed E-state index contributed by atoms with van der Waals surface area (Å²) < 4.78 is 9.95. The van der Waals surface area contributed by atoms with Crippen LogP contribution < -0.4 is 15.4 Å². The molecule has 0 aromatic heterocycles. The van der Waals surface area contributed by atoms with Crippen LogP contribution in [0.2, 0.25) is 5.02 Å². The third-order valence-corrected chi connectivity index (χ3v) is 2.50.